The van der Waals surface area contributed by atoms with Crippen LogP contribution in [0.15, 0.2) is 30.3 Å². The van der Waals surface area contributed by atoms with Crippen LogP contribution in [0.3, 0.4) is 0 Å². The molecule has 1 heterocycles. The number of aliphatic hydroxyl groups is 1. The summed E-state index contributed by atoms with van der Waals surface area (Å²) in [6.45, 7) is 7.08. The molecule has 1 saturated heterocycles. The molecule has 1 fully saturated rings. The molecule has 9 heteroatoms. The second-order valence-electron chi connectivity index (χ2n) is 7.27. The van der Waals surface area contributed by atoms with Gasteiger partial charge in [0.15, 0.2) is 0 Å². The monoisotopic (exact) mass is 415 g/mol. The van der Waals surface area contributed by atoms with Crippen molar-refractivity contribution < 1.29 is 23.4 Å². The van der Waals surface area contributed by atoms with Gasteiger partial charge in [0, 0.05) is 52.4 Å². The zero-order chi connectivity index (χ0) is 21.2. The quantitative estimate of drug-likeness (QED) is 0.617. The smallest absolute Gasteiger partial charge is 0.290 e. The van der Waals surface area contributed by atoms with Crippen molar-refractivity contribution in [1.82, 2.24) is 13.5 Å². The van der Waals surface area contributed by atoms with E-state index in [1.165, 1.54) is 4.31 Å². The van der Waals surface area contributed by atoms with Crippen LogP contribution in [0.5, 0.6) is 0 Å². The van der Waals surface area contributed by atoms with Crippen LogP contribution in [0, 0.1) is 5.92 Å². The molecule has 1 aromatic carbocycles. The molecule has 1 aromatic rings. The van der Waals surface area contributed by atoms with E-state index in [2.05, 4.69) is 18.7 Å². The fourth-order valence-corrected chi connectivity index (χ4v) is 4.70. The van der Waals surface area contributed by atoms with Crippen molar-refractivity contribution in [2.45, 2.75) is 32.9 Å². The molecule has 28 heavy (non-hydrogen) atoms. The van der Waals surface area contributed by atoms with Crippen molar-refractivity contribution in [1.29, 1.82) is 0 Å². The summed E-state index contributed by atoms with van der Waals surface area (Å²) in [6.07, 6.45) is 0.598. The van der Waals surface area contributed by atoms with Crippen molar-refractivity contribution in [3.05, 3.63) is 35.9 Å². The zero-order valence-corrected chi connectivity index (χ0v) is 17.8. The summed E-state index contributed by atoms with van der Waals surface area (Å²) >= 11 is 0. The first-order chi connectivity index (χ1) is 13.3. The molecule has 0 bridgehead atoms. The van der Waals surface area contributed by atoms with E-state index in [-0.39, 0.29) is 19.1 Å². The number of carboxylic acid groups (broad SMARTS) is 1. The highest BCUT2D eigenvalue weighted by Crippen LogP contribution is 2.20. The first-order valence-electron chi connectivity index (χ1n) is 9.44. The van der Waals surface area contributed by atoms with Crippen LogP contribution in [0.1, 0.15) is 25.8 Å². The molecule has 0 radical (unpaired) electrons. The number of benzene rings is 1. The second kappa shape index (κ2) is 12.1. The Labute approximate surface area is 168 Å². The lowest BCUT2D eigenvalue weighted by molar-refractivity contribution is -0.122. The summed E-state index contributed by atoms with van der Waals surface area (Å²) in [6, 6.07) is 9.68. The number of aliphatic hydroxyl groups excluding tert-OH is 1. The Bertz CT molecular complexity index is 669. The predicted molar refractivity (Wildman–Crippen MR) is 109 cm³/mol. The average Bonchev–Trinajstić information content (AvgIpc) is 2.64. The highest BCUT2D eigenvalue weighted by atomic mass is 32.2. The third kappa shape index (κ3) is 7.48. The minimum absolute atomic E-state index is 0.0704. The first-order valence-corrected chi connectivity index (χ1v) is 10.8. The normalized spacial score (nSPS) is 18.7. The van der Waals surface area contributed by atoms with Gasteiger partial charge >= 0.3 is 0 Å². The Morgan fingerprint density at radius 2 is 1.86 bits per heavy atom. The molecule has 0 spiro atoms. The van der Waals surface area contributed by atoms with Crippen molar-refractivity contribution >= 4 is 16.7 Å². The standard InChI is InChI=1S/C18H31N3O3S.CH2O2/c1-16(2)13-20-10-11-21(15-18(20)9-12-22)25(23,24)19(3)14-17-7-5-4-6-8-17;2-1-3/h4-8,16,18,22H,9-15H2,1-3H3;1H,(H,2,3). The predicted octanol–water partition coefficient (Wildman–Crippen LogP) is 1.09. The maximum absolute atomic E-state index is 12.9. The summed E-state index contributed by atoms with van der Waals surface area (Å²) in [5.74, 6) is 0.519. The molecule has 1 unspecified atom stereocenters. The third-order valence-electron chi connectivity index (χ3n) is 4.60. The highest BCUT2D eigenvalue weighted by Gasteiger charge is 2.35. The van der Waals surface area contributed by atoms with Gasteiger partial charge in [0.2, 0.25) is 0 Å². The molecule has 1 atom stereocenters. The number of rotatable bonds is 8. The van der Waals surface area contributed by atoms with Crippen molar-refractivity contribution in [3.63, 3.8) is 0 Å². The van der Waals surface area contributed by atoms with Gasteiger partial charge in [-0.2, -0.15) is 17.0 Å². The van der Waals surface area contributed by atoms with Gasteiger partial charge in [-0.15, -0.1) is 0 Å². The largest absolute Gasteiger partial charge is 0.483 e. The number of hydrogen-bond acceptors (Lipinski definition) is 5. The van der Waals surface area contributed by atoms with Gasteiger partial charge in [-0.05, 0) is 17.9 Å². The number of piperazine rings is 1. The van der Waals surface area contributed by atoms with Crippen molar-refractivity contribution in [2.24, 2.45) is 5.92 Å². The summed E-state index contributed by atoms with van der Waals surface area (Å²) in [7, 11) is -1.88. The maximum Gasteiger partial charge on any atom is 0.290 e. The van der Waals surface area contributed by atoms with E-state index in [1.807, 2.05) is 30.3 Å². The molecule has 160 valence electrons. The van der Waals surface area contributed by atoms with Gasteiger partial charge < -0.3 is 10.2 Å². The average molecular weight is 416 g/mol. The topological polar surface area (TPSA) is 101 Å². The van der Waals surface area contributed by atoms with Crippen LogP contribution >= 0.6 is 0 Å². The number of hydrogen-bond donors (Lipinski definition) is 2. The highest BCUT2D eigenvalue weighted by molar-refractivity contribution is 7.86. The molecule has 8 nitrogen and oxygen atoms in total. The Morgan fingerprint density at radius 1 is 1.25 bits per heavy atom. The van der Waals surface area contributed by atoms with E-state index in [0.717, 1.165) is 12.1 Å². The van der Waals surface area contributed by atoms with Crippen LogP contribution in [0.4, 0.5) is 0 Å². The molecule has 2 rings (SSSR count). The number of nitrogens with zero attached hydrogens (tertiary/aromatic N) is 3. The maximum atomic E-state index is 12.9. The molecule has 0 aliphatic carbocycles. The Balaban J connectivity index is 0.00000122. The van der Waals surface area contributed by atoms with Gasteiger partial charge in [0.05, 0.1) is 0 Å². The second-order valence-corrected chi connectivity index (χ2v) is 9.30. The number of carbonyl (C=O) groups is 1. The van der Waals surface area contributed by atoms with Crippen LogP contribution in [-0.2, 0) is 21.5 Å². The van der Waals surface area contributed by atoms with Crippen LogP contribution in [0.25, 0.3) is 0 Å². The van der Waals surface area contributed by atoms with E-state index in [1.54, 1.807) is 11.4 Å². The van der Waals surface area contributed by atoms with E-state index in [0.29, 0.717) is 38.5 Å². The van der Waals surface area contributed by atoms with Crippen LogP contribution < -0.4 is 0 Å². The third-order valence-corrected chi connectivity index (χ3v) is 6.50. The minimum atomic E-state index is -3.50. The molecule has 1 aliphatic heterocycles. The van der Waals surface area contributed by atoms with Gasteiger partial charge in [0.25, 0.3) is 16.7 Å². The lowest BCUT2D eigenvalue weighted by Crippen LogP contribution is -2.57. The van der Waals surface area contributed by atoms with Gasteiger partial charge in [-0.1, -0.05) is 44.2 Å². The van der Waals surface area contributed by atoms with Crippen LogP contribution in [0.2, 0.25) is 0 Å². The fourth-order valence-electron chi connectivity index (χ4n) is 3.33. The summed E-state index contributed by atoms with van der Waals surface area (Å²) < 4.78 is 28.9. The SMILES string of the molecule is CC(C)CN1CCN(S(=O)(=O)N(C)Cc2ccccc2)CC1CCO.O=CO. The van der Waals surface area contributed by atoms with Crippen LogP contribution in [-0.4, -0.2) is 84.5 Å². The molecule has 0 aromatic heterocycles. The lowest BCUT2D eigenvalue weighted by Gasteiger charge is -2.42. The van der Waals surface area contributed by atoms with E-state index >= 15 is 0 Å². The minimum Gasteiger partial charge on any atom is -0.483 e. The van der Waals surface area contributed by atoms with Crippen molar-refractivity contribution in [2.75, 3.05) is 39.8 Å². The summed E-state index contributed by atoms with van der Waals surface area (Å²) in [5.41, 5.74) is 0.971. The van der Waals surface area contributed by atoms with Gasteiger partial charge in [-0.3, -0.25) is 9.69 Å². The Hall–Kier alpha value is -1.52. The molecule has 0 amide bonds. The molecule has 1 aliphatic rings. The first kappa shape index (κ1) is 24.5. The Morgan fingerprint density at radius 3 is 2.39 bits per heavy atom. The fraction of sp³-hybridized carbons (Fsp3) is 0.632. The van der Waals surface area contributed by atoms with E-state index in [9.17, 15) is 13.5 Å². The van der Waals surface area contributed by atoms with E-state index < -0.39 is 10.2 Å². The van der Waals surface area contributed by atoms with E-state index in [4.69, 9.17) is 9.90 Å². The molecular weight excluding hydrogens is 382 g/mol. The lowest BCUT2D eigenvalue weighted by atomic mass is 10.1. The van der Waals surface area contributed by atoms with Gasteiger partial charge in [0.1, 0.15) is 0 Å². The van der Waals surface area contributed by atoms with Crippen molar-refractivity contribution in [3.8, 4) is 0 Å². The molecular formula is C19H33N3O5S. The zero-order valence-electron chi connectivity index (χ0n) is 16.9. The summed E-state index contributed by atoms with van der Waals surface area (Å²) in [5, 5.41) is 16.2. The summed E-state index contributed by atoms with van der Waals surface area (Å²) in [4.78, 5) is 10.7. The van der Waals surface area contributed by atoms with Gasteiger partial charge in [-0.25, -0.2) is 0 Å². The molecule has 2 N–H and O–H groups in total. The molecule has 0 saturated carbocycles. The Kier molecular flexibility index (Phi) is 10.6.